The normalized spacial score (nSPS) is 41.2. The average Bonchev–Trinajstić information content (AvgIpc) is 1.69. The molecule has 8 aliphatic rings. The molecular weight excluding hydrogens is 1140 g/mol. The van der Waals surface area contributed by atoms with Crippen LogP contribution in [0.1, 0.15) is 202 Å². The summed E-state index contributed by atoms with van der Waals surface area (Å²) in [7, 11) is -7.29. The van der Waals surface area contributed by atoms with E-state index in [0.717, 1.165) is 83.5 Å². The fraction of sp³-hybridized carbons (Fsp3) is 0.792. The molecule has 0 bridgehead atoms. The summed E-state index contributed by atoms with van der Waals surface area (Å²) < 4.78 is 88.6. The number of hydrogen-bond acceptors (Lipinski definition) is 11. The maximum absolute atomic E-state index is 16.2. The first-order chi connectivity index (χ1) is 40.9. The minimum Gasteiger partial charge on any atom is -0.459 e. The molecule has 0 aliphatic heterocycles. The molecule has 0 radical (unpaired) electrons. The first kappa shape index (κ1) is 68.3. The number of carbonyl (C=O) groups excluding carboxylic acids is 3. The maximum Gasteiger partial charge on any atom is 0.303 e. The van der Waals surface area contributed by atoms with Crippen LogP contribution in [0.4, 0.5) is 8.78 Å². The lowest BCUT2D eigenvalue weighted by Gasteiger charge is -2.65. The van der Waals surface area contributed by atoms with Crippen molar-refractivity contribution in [2.45, 2.75) is 251 Å². The molecule has 24 atom stereocenters. The Balaban J connectivity index is 0.000000208. The Morgan fingerprint density at radius 3 is 1.34 bits per heavy atom. The van der Waals surface area contributed by atoms with Gasteiger partial charge >= 0.3 is 5.97 Å². The third-order valence-electron chi connectivity index (χ3n) is 26.4. The molecule has 0 heterocycles. The average molecular weight is 1250 g/mol. The van der Waals surface area contributed by atoms with Crippen LogP contribution in [0, 0.1) is 118 Å². The van der Waals surface area contributed by atoms with E-state index in [4.69, 9.17) is 4.74 Å². The van der Waals surface area contributed by atoms with Gasteiger partial charge in [-0.25, -0.2) is 25.6 Å². The molecule has 0 spiro atoms. The summed E-state index contributed by atoms with van der Waals surface area (Å²) in [5.41, 5.74) is 1.09. The number of fused-ring (bicyclic) bond motifs is 10. The van der Waals surface area contributed by atoms with E-state index < -0.39 is 73.9 Å². The van der Waals surface area contributed by atoms with Crippen molar-refractivity contribution in [3.63, 3.8) is 0 Å². The van der Waals surface area contributed by atoms with Crippen LogP contribution in [0.3, 0.4) is 0 Å². The highest BCUT2D eigenvalue weighted by Crippen LogP contribution is 2.72. The molecule has 10 rings (SSSR count). The van der Waals surface area contributed by atoms with E-state index in [2.05, 4.69) is 55.4 Å². The molecule has 8 fully saturated rings. The molecule has 2 aromatic rings. The standard InChI is InChI=1S/C37H55FO6S.C35H53FO5S/c1-7-26-33-34(38)30(44-24(4)39)18-20-37(33,6)29-17-19-36(5)27(15-16-28(36)32(29)35(26)41)22(2)12-10-13-25(40)21-45(42,43)31-14-9-8-11-23(31)3;1-6-24-31-32(36)28(38)17-19-35(31,5)27-16-18-34(4)25(14-15-26(34)30(27)33(24)39)21(2)11-9-12-23(37)20-42(40,41)29-13-8-7-10-22(29)3/h8-9,11,14,22,26-30,32-35,41H,7,10,12-13,15-21H2,1-6H3;7-8,10,13,21,24-28,30-33,38-39H,6,9,11-12,14-20H2,1-5H3/t22-,26-,27?,28?,29?,30-,32?,33-,34+,35-,36-,37-;21-,24-,25?,26?,27?,28-,30?,31-,32+,33-,34-,35-/m11/s1. The first-order valence-corrected chi connectivity index (χ1v) is 37.3. The van der Waals surface area contributed by atoms with Crippen LogP contribution in [-0.2, 0) is 38.8 Å². The van der Waals surface area contributed by atoms with Crippen molar-refractivity contribution < 1.29 is 60.1 Å². The van der Waals surface area contributed by atoms with Crippen LogP contribution in [-0.4, -0.2) is 98.0 Å². The van der Waals surface area contributed by atoms with Crippen molar-refractivity contribution in [2.75, 3.05) is 11.5 Å². The smallest absolute Gasteiger partial charge is 0.303 e. The fourth-order valence-electron chi connectivity index (χ4n) is 22.4. The monoisotopic (exact) mass is 1250 g/mol. The number of ketones is 2. The molecule has 3 N–H and O–H groups in total. The van der Waals surface area contributed by atoms with E-state index >= 15 is 8.78 Å². The summed E-state index contributed by atoms with van der Waals surface area (Å²) in [6.45, 7) is 22.9. The number of halogens is 2. The number of alkyl halides is 2. The Morgan fingerprint density at radius 2 is 0.943 bits per heavy atom. The SMILES string of the molecule is CC[C@@H]1[C@@H]2[C@@H](F)[C@H](O)CC[C@]2(C)C2CC[C@@]3(C)C(CCC3[C@H](C)CCCC(=O)CS(=O)(=O)c3ccccc3C)C2[C@@H]1O.CC[C@@H]1[C@@H]2[C@@H](F)[C@H](OC(C)=O)CC[C@]2(C)C2CC[C@@]3(C)C(CCC3[C@H](C)CCCC(=O)CS(=O)(=O)c3ccccc3C)C2[C@@H]1O. The summed E-state index contributed by atoms with van der Waals surface area (Å²) in [6.07, 6.45) is 11.0. The van der Waals surface area contributed by atoms with E-state index in [1.54, 1.807) is 62.4 Å². The predicted molar refractivity (Wildman–Crippen MR) is 336 cm³/mol. The highest BCUT2D eigenvalue weighted by Gasteiger charge is 2.69. The number of sulfone groups is 2. The molecule has 2 aromatic carbocycles. The molecule has 0 saturated heterocycles. The van der Waals surface area contributed by atoms with Crippen molar-refractivity contribution in [2.24, 2.45) is 105 Å². The zero-order valence-corrected chi connectivity index (χ0v) is 56.0. The van der Waals surface area contributed by atoms with Crippen molar-refractivity contribution in [1.82, 2.24) is 0 Å². The second kappa shape index (κ2) is 26.5. The van der Waals surface area contributed by atoms with Crippen LogP contribution >= 0.6 is 0 Å². The first-order valence-electron chi connectivity index (χ1n) is 34.0. The Bertz CT molecular complexity index is 3010. The van der Waals surface area contributed by atoms with Gasteiger partial charge in [0.25, 0.3) is 0 Å². The van der Waals surface area contributed by atoms with Gasteiger partial charge in [0.05, 0.1) is 28.1 Å². The molecule has 0 aromatic heterocycles. The molecule has 87 heavy (non-hydrogen) atoms. The van der Waals surface area contributed by atoms with Gasteiger partial charge in [0.15, 0.2) is 19.7 Å². The Hall–Kier alpha value is -3.11. The lowest BCUT2D eigenvalue weighted by atomic mass is 9.41. The lowest BCUT2D eigenvalue weighted by molar-refractivity contribution is -0.226. The lowest BCUT2D eigenvalue weighted by Crippen LogP contribution is -2.65. The van der Waals surface area contributed by atoms with Gasteiger partial charge in [-0.05, 0) is 220 Å². The van der Waals surface area contributed by atoms with Crippen molar-refractivity contribution in [1.29, 1.82) is 0 Å². The van der Waals surface area contributed by atoms with E-state index in [0.29, 0.717) is 78.7 Å². The number of hydrogen-bond donors (Lipinski definition) is 3. The van der Waals surface area contributed by atoms with Gasteiger partial charge in [0.2, 0.25) is 0 Å². The van der Waals surface area contributed by atoms with Gasteiger partial charge in [-0.3, -0.25) is 14.4 Å². The fourth-order valence-corrected chi connectivity index (χ4v) is 25.5. The van der Waals surface area contributed by atoms with Crippen LogP contribution in [0.15, 0.2) is 58.3 Å². The minimum atomic E-state index is -3.65. The van der Waals surface area contributed by atoms with E-state index in [1.165, 1.54) is 6.92 Å². The van der Waals surface area contributed by atoms with Crippen LogP contribution in [0.5, 0.6) is 0 Å². The van der Waals surface area contributed by atoms with E-state index in [1.807, 2.05) is 0 Å². The van der Waals surface area contributed by atoms with Gasteiger partial charge in [0, 0.05) is 31.6 Å². The summed E-state index contributed by atoms with van der Waals surface area (Å²) in [6, 6.07) is 13.6. The number of rotatable bonds is 19. The second-order valence-electron chi connectivity index (χ2n) is 30.8. The van der Waals surface area contributed by atoms with Gasteiger partial charge in [-0.1, -0.05) is 117 Å². The molecule has 8 aliphatic carbocycles. The van der Waals surface area contributed by atoms with Crippen LogP contribution < -0.4 is 0 Å². The molecular formula is C72H108F2O11S2. The summed E-state index contributed by atoms with van der Waals surface area (Å²) >= 11 is 0. The van der Waals surface area contributed by atoms with E-state index in [-0.39, 0.29) is 103 Å². The number of esters is 1. The number of carbonyl (C=O) groups is 3. The molecule has 488 valence electrons. The largest absolute Gasteiger partial charge is 0.459 e. The Kier molecular flexibility index (Phi) is 20.8. The van der Waals surface area contributed by atoms with Gasteiger partial charge < -0.3 is 20.1 Å². The van der Waals surface area contributed by atoms with Crippen molar-refractivity contribution >= 4 is 37.2 Å². The quantitative estimate of drug-likeness (QED) is 0.114. The number of aryl methyl sites for hydroxylation is 2. The molecule has 11 nitrogen and oxygen atoms in total. The number of aliphatic hydroxyl groups is 3. The van der Waals surface area contributed by atoms with Gasteiger partial charge in [-0.15, -0.1) is 0 Å². The van der Waals surface area contributed by atoms with Crippen LogP contribution in [0.25, 0.3) is 0 Å². The minimum absolute atomic E-state index is 0.0747. The molecule has 8 unspecified atom stereocenters. The molecule has 15 heteroatoms. The maximum atomic E-state index is 16.2. The second-order valence-corrected chi connectivity index (χ2v) is 34.7. The van der Waals surface area contributed by atoms with Gasteiger partial charge in [0.1, 0.15) is 41.5 Å². The molecule has 8 saturated carbocycles. The highest BCUT2D eigenvalue weighted by molar-refractivity contribution is 7.92. The number of Topliss-reactive ketones (excluding diaryl/α,β-unsaturated/α-hetero) is 2. The zero-order valence-electron chi connectivity index (χ0n) is 54.4. The highest BCUT2D eigenvalue weighted by atomic mass is 32.2. The van der Waals surface area contributed by atoms with E-state index in [9.17, 15) is 46.5 Å². The third-order valence-corrected chi connectivity index (χ3v) is 30.1. The summed E-state index contributed by atoms with van der Waals surface area (Å²) in [5, 5.41) is 34.3. The predicted octanol–water partition coefficient (Wildman–Crippen LogP) is 14.0. The topological polar surface area (TPSA) is 189 Å². The number of benzene rings is 2. The van der Waals surface area contributed by atoms with Crippen LogP contribution in [0.2, 0.25) is 0 Å². The zero-order chi connectivity index (χ0) is 63.5. The number of ether oxygens (including phenoxy) is 1. The number of aliphatic hydroxyl groups excluding tert-OH is 3. The van der Waals surface area contributed by atoms with Gasteiger partial charge in [-0.2, -0.15) is 0 Å². The Labute approximate surface area is 521 Å². The summed E-state index contributed by atoms with van der Waals surface area (Å²) in [4.78, 5) is 37.7. The third kappa shape index (κ3) is 12.7. The Morgan fingerprint density at radius 1 is 0.563 bits per heavy atom. The molecule has 0 amide bonds. The van der Waals surface area contributed by atoms with Crippen molar-refractivity contribution in [3.8, 4) is 0 Å². The summed E-state index contributed by atoms with van der Waals surface area (Å²) in [5.74, 6) is 0.712. The van der Waals surface area contributed by atoms with Crippen molar-refractivity contribution in [3.05, 3.63) is 59.7 Å².